The Balaban J connectivity index is 0.000000671. The van der Waals surface area contributed by atoms with Crippen LogP contribution in [-0.4, -0.2) is 17.3 Å². The van der Waals surface area contributed by atoms with Gasteiger partial charge in [-0.25, -0.2) is 0 Å². The number of carbonyl (C=O) groups excluding carboxylic acids is 1. The molecule has 1 aliphatic heterocycles. The molecule has 0 amide bonds. The van der Waals surface area contributed by atoms with Crippen molar-refractivity contribution in [1.29, 1.82) is 0 Å². The lowest BCUT2D eigenvalue weighted by molar-refractivity contribution is -0.107. The van der Waals surface area contributed by atoms with Gasteiger partial charge in [-0.2, -0.15) is 0 Å². The third-order valence-corrected chi connectivity index (χ3v) is 4.83. The smallest absolute Gasteiger partial charge is 0.119 e. The first-order valence-corrected chi connectivity index (χ1v) is 6.87. The molecule has 1 rings (SSSR count). The standard InChI is InChI=1S/C8H14OS2.C2H2/c9-6-3-1-2-4-8-5-7-10-11-8;1-2/h6,8H,1-5,7H2;1-2H. The van der Waals surface area contributed by atoms with Crippen LogP contribution in [0.15, 0.2) is 0 Å². The molecule has 1 saturated heterocycles. The molecule has 1 unspecified atom stereocenters. The Labute approximate surface area is 88.8 Å². The van der Waals surface area contributed by atoms with Gasteiger partial charge in [0.05, 0.1) is 0 Å². The van der Waals surface area contributed by atoms with E-state index >= 15 is 0 Å². The van der Waals surface area contributed by atoms with E-state index in [0.29, 0.717) is 0 Å². The van der Waals surface area contributed by atoms with E-state index in [1.54, 1.807) is 0 Å². The van der Waals surface area contributed by atoms with Crippen LogP contribution in [0.3, 0.4) is 0 Å². The number of rotatable bonds is 5. The molecule has 0 N–H and O–H groups in total. The van der Waals surface area contributed by atoms with Gasteiger partial charge >= 0.3 is 0 Å². The third-order valence-electron chi connectivity index (χ3n) is 1.83. The molecule has 0 bridgehead atoms. The fourth-order valence-corrected chi connectivity index (χ4v) is 4.19. The highest BCUT2D eigenvalue weighted by Gasteiger charge is 2.15. The van der Waals surface area contributed by atoms with Gasteiger partial charge in [-0.3, -0.25) is 0 Å². The summed E-state index contributed by atoms with van der Waals surface area (Å²) < 4.78 is 0. The van der Waals surface area contributed by atoms with Crippen LogP contribution in [0.5, 0.6) is 0 Å². The zero-order chi connectivity index (χ0) is 9.94. The summed E-state index contributed by atoms with van der Waals surface area (Å²) in [5, 5.41) is 0.881. The molecule has 1 heterocycles. The molecule has 0 aromatic rings. The molecule has 1 nitrogen and oxygen atoms in total. The molecule has 74 valence electrons. The van der Waals surface area contributed by atoms with Gasteiger partial charge in [0.2, 0.25) is 0 Å². The van der Waals surface area contributed by atoms with Crippen LogP contribution in [0.4, 0.5) is 0 Å². The summed E-state index contributed by atoms with van der Waals surface area (Å²) in [6, 6.07) is 0. The molecule has 1 aliphatic rings. The quantitative estimate of drug-likeness (QED) is 0.304. The minimum Gasteiger partial charge on any atom is -0.303 e. The summed E-state index contributed by atoms with van der Waals surface area (Å²) in [4.78, 5) is 9.99. The molecule has 1 fully saturated rings. The van der Waals surface area contributed by atoms with Crippen LogP contribution >= 0.6 is 21.6 Å². The van der Waals surface area contributed by atoms with Crippen LogP contribution in [0.1, 0.15) is 32.1 Å². The summed E-state index contributed by atoms with van der Waals surface area (Å²) in [7, 11) is 4.02. The molecular formula is C10H16OS2. The average Bonchev–Trinajstić information content (AvgIpc) is 2.68. The first-order valence-electron chi connectivity index (χ1n) is 4.48. The van der Waals surface area contributed by atoms with Crippen molar-refractivity contribution in [2.75, 3.05) is 5.75 Å². The zero-order valence-corrected chi connectivity index (χ0v) is 9.41. The average molecular weight is 216 g/mol. The molecule has 3 heteroatoms. The minimum absolute atomic E-state index is 0.754. The van der Waals surface area contributed by atoms with Crippen molar-refractivity contribution in [2.24, 2.45) is 0 Å². The highest BCUT2D eigenvalue weighted by molar-refractivity contribution is 8.77. The molecule has 0 aromatic carbocycles. The zero-order valence-electron chi connectivity index (χ0n) is 7.78. The van der Waals surface area contributed by atoms with Gasteiger partial charge in [-0.15, -0.1) is 12.8 Å². The van der Waals surface area contributed by atoms with Gasteiger partial charge < -0.3 is 4.79 Å². The van der Waals surface area contributed by atoms with E-state index in [0.717, 1.165) is 24.4 Å². The highest BCUT2D eigenvalue weighted by atomic mass is 33.1. The number of hydrogen-bond donors (Lipinski definition) is 0. The Morgan fingerprint density at radius 3 is 2.69 bits per heavy atom. The predicted molar refractivity (Wildman–Crippen MR) is 62.9 cm³/mol. The van der Waals surface area contributed by atoms with Gasteiger partial charge in [-0.1, -0.05) is 28.0 Å². The molecule has 13 heavy (non-hydrogen) atoms. The molecule has 0 spiro atoms. The van der Waals surface area contributed by atoms with Crippen LogP contribution in [0, 0.1) is 12.8 Å². The highest BCUT2D eigenvalue weighted by Crippen LogP contribution is 2.39. The molecule has 0 aliphatic carbocycles. The number of aldehydes is 1. The Kier molecular flexibility index (Phi) is 9.96. The first kappa shape index (κ1) is 12.9. The first-order chi connectivity index (χ1) is 6.43. The second kappa shape index (κ2) is 10.0. The fourth-order valence-electron chi connectivity index (χ4n) is 1.16. The Hall–Kier alpha value is -0.0700. The lowest BCUT2D eigenvalue weighted by Crippen LogP contribution is -1.96. The van der Waals surface area contributed by atoms with Crippen molar-refractivity contribution in [3.63, 3.8) is 0 Å². The van der Waals surface area contributed by atoms with Gasteiger partial charge in [0, 0.05) is 17.4 Å². The normalized spacial score (nSPS) is 20.3. The molecule has 0 aromatic heterocycles. The maximum atomic E-state index is 9.99. The van der Waals surface area contributed by atoms with Crippen molar-refractivity contribution in [3.05, 3.63) is 0 Å². The predicted octanol–water partition coefficient (Wildman–Crippen LogP) is 3.15. The maximum absolute atomic E-state index is 9.99. The second-order valence-corrected chi connectivity index (χ2v) is 5.57. The Bertz CT molecular complexity index is 139. The summed E-state index contributed by atoms with van der Waals surface area (Å²) in [6.45, 7) is 0. The van der Waals surface area contributed by atoms with Gasteiger partial charge in [-0.05, 0) is 19.3 Å². The number of hydrogen-bond acceptors (Lipinski definition) is 3. The summed E-state index contributed by atoms with van der Waals surface area (Å²) >= 11 is 0. The number of terminal acetylenes is 1. The van der Waals surface area contributed by atoms with Crippen LogP contribution in [0.2, 0.25) is 0 Å². The van der Waals surface area contributed by atoms with E-state index in [1.807, 2.05) is 21.6 Å². The molecule has 0 saturated carbocycles. The lowest BCUT2D eigenvalue weighted by atomic mass is 10.1. The van der Waals surface area contributed by atoms with E-state index < -0.39 is 0 Å². The van der Waals surface area contributed by atoms with E-state index in [-0.39, 0.29) is 0 Å². The molecule has 0 radical (unpaired) electrons. The van der Waals surface area contributed by atoms with E-state index in [4.69, 9.17) is 0 Å². The number of carbonyl (C=O) groups is 1. The lowest BCUT2D eigenvalue weighted by Gasteiger charge is -2.04. The SMILES string of the molecule is C#C.O=CCCCCC1CCSS1. The van der Waals surface area contributed by atoms with Gasteiger partial charge in [0.25, 0.3) is 0 Å². The van der Waals surface area contributed by atoms with Gasteiger partial charge in [0.1, 0.15) is 6.29 Å². The topological polar surface area (TPSA) is 17.1 Å². The summed E-state index contributed by atoms with van der Waals surface area (Å²) in [5.41, 5.74) is 0. The van der Waals surface area contributed by atoms with Crippen molar-refractivity contribution >= 4 is 27.9 Å². The minimum atomic E-state index is 0.754. The van der Waals surface area contributed by atoms with Crippen molar-refractivity contribution in [2.45, 2.75) is 37.4 Å². The van der Waals surface area contributed by atoms with E-state index in [1.165, 1.54) is 25.0 Å². The largest absolute Gasteiger partial charge is 0.303 e. The van der Waals surface area contributed by atoms with Crippen molar-refractivity contribution < 1.29 is 4.79 Å². The van der Waals surface area contributed by atoms with Crippen LogP contribution < -0.4 is 0 Å². The van der Waals surface area contributed by atoms with Crippen LogP contribution in [0.25, 0.3) is 0 Å². The Morgan fingerprint density at radius 1 is 1.38 bits per heavy atom. The fraction of sp³-hybridized carbons (Fsp3) is 0.700. The van der Waals surface area contributed by atoms with Crippen LogP contribution in [-0.2, 0) is 4.79 Å². The van der Waals surface area contributed by atoms with Crippen molar-refractivity contribution in [1.82, 2.24) is 0 Å². The number of unbranched alkanes of at least 4 members (excludes halogenated alkanes) is 2. The third kappa shape index (κ3) is 7.04. The van der Waals surface area contributed by atoms with Gasteiger partial charge in [0.15, 0.2) is 0 Å². The monoisotopic (exact) mass is 216 g/mol. The van der Waals surface area contributed by atoms with E-state index in [9.17, 15) is 4.79 Å². The maximum Gasteiger partial charge on any atom is 0.119 e. The second-order valence-electron chi connectivity index (χ2n) is 2.78. The van der Waals surface area contributed by atoms with Crippen molar-refractivity contribution in [3.8, 4) is 12.8 Å². The summed E-state index contributed by atoms with van der Waals surface area (Å²) in [5.74, 6) is 1.32. The van der Waals surface area contributed by atoms with E-state index in [2.05, 4.69) is 12.8 Å². The molecular weight excluding hydrogens is 200 g/mol. The summed E-state index contributed by atoms with van der Waals surface area (Å²) in [6.07, 6.45) is 14.8. The molecule has 1 atom stereocenters. The Morgan fingerprint density at radius 2 is 2.15 bits per heavy atom.